The normalized spacial score (nSPS) is 11.2. The molecule has 3 aromatic carbocycles. The number of carbonyl (C=O) groups excluding carboxylic acids is 1. The minimum atomic E-state index is -3.56. The Morgan fingerprint density at radius 2 is 1.59 bits per heavy atom. The highest BCUT2D eigenvalue weighted by atomic mass is 32.2. The molecule has 0 spiro atoms. The van der Waals surface area contributed by atoms with E-state index in [1.807, 2.05) is 30.3 Å². The van der Waals surface area contributed by atoms with Gasteiger partial charge in [-0.05, 0) is 54.4 Å². The minimum Gasteiger partial charge on any atom is -0.489 e. The molecule has 0 radical (unpaired) electrons. The molecule has 0 aliphatic carbocycles. The number of amides is 1. The summed E-state index contributed by atoms with van der Waals surface area (Å²) < 4.78 is 31.8. The van der Waals surface area contributed by atoms with Crippen LogP contribution in [-0.2, 0) is 21.4 Å². The zero-order valence-corrected chi connectivity index (χ0v) is 19.1. The smallest absolute Gasteiger partial charge is 0.243 e. The molecule has 3 aromatic rings. The monoisotopic (exact) mass is 453 g/mol. The Kier molecular flexibility index (Phi) is 7.50. The molecule has 0 fully saturated rings. The molecule has 0 aliphatic heterocycles. The summed E-state index contributed by atoms with van der Waals surface area (Å²) in [4.78, 5) is 12.5. The Morgan fingerprint density at radius 1 is 0.938 bits per heavy atom. The topological polar surface area (TPSA) is 87.7 Å². The van der Waals surface area contributed by atoms with Gasteiger partial charge in [-0.3, -0.25) is 4.79 Å². The zero-order valence-electron chi connectivity index (χ0n) is 18.3. The predicted octanol–water partition coefficient (Wildman–Crippen LogP) is 3.87. The second-order valence-electron chi connectivity index (χ2n) is 7.47. The van der Waals surface area contributed by atoms with Crippen LogP contribution < -0.4 is 15.4 Å². The lowest BCUT2D eigenvalue weighted by molar-refractivity contribution is -0.114. The third kappa shape index (κ3) is 6.09. The Hall–Kier alpha value is -3.36. The minimum absolute atomic E-state index is 0.00320. The molecule has 0 saturated heterocycles. The van der Waals surface area contributed by atoms with Crippen molar-refractivity contribution >= 4 is 27.3 Å². The zero-order chi connectivity index (χ0) is 23.1. The van der Waals surface area contributed by atoms with E-state index in [0.29, 0.717) is 29.3 Å². The molecule has 168 valence electrons. The maximum atomic E-state index is 12.4. The fourth-order valence-electron chi connectivity index (χ4n) is 2.95. The molecule has 3 rings (SSSR count). The fourth-order valence-corrected chi connectivity index (χ4v) is 4.09. The molecule has 8 heteroatoms. The van der Waals surface area contributed by atoms with E-state index in [1.54, 1.807) is 43.3 Å². The summed E-state index contributed by atoms with van der Waals surface area (Å²) in [6.07, 6.45) is 0. The first kappa shape index (κ1) is 23.3. The molecule has 0 bridgehead atoms. The average molecular weight is 454 g/mol. The molecular formula is C24H27N3O4S. The standard InChI is InChI=1S/C24H27N3O4S/c1-18-9-10-21(15-23(18)32(29,30)27(2)3)25-16-24(28)26-20-11-13-22(14-12-20)31-17-19-7-5-4-6-8-19/h4-15,25H,16-17H2,1-3H3,(H,26,28). The van der Waals surface area contributed by atoms with Gasteiger partial charge < -0.3 is 15.4 Å². The molecular weight excluding hydrogens is 426 g/mol. The van der Waals surface area contributed by atoms with Gasteiger partial charge in [0.05, 0.1) is 11.4 Å². The Bertz CT molecular complexity index is 1160. The van der Waals surface area contributed by atoms with E-state index in [9.17, 15) is 13.2 Å². The predicted molar refractivity (Wildman–Crippen MR) is 126 cm³/mol. The molecule has 0 saturated carbocycles. The van der Waals surface area contributed by atoms with Crippen molar-refractivity contribution in [3.8, 4) is 5.75 Å². The SMILES string of the molecule is Cc1ccc(NCC(=O)Nc2ccc(OCc3ccccc3)cc2)cc1S(=O)(=O)N(C)C. The van der Waals surface area contributed by atoms with E-state index >= 15 is 0 Å². The number of carbonyl (C=O) groups is 1. The number of hydrogen-bond donors (Lipinski definition) is 2. The number of hydrogen-bond acceptors (Lipinski definition) is 5. The van der Waals surface area contributed by atoms with Gasteiger partial charge in [0.1, 0.15) is 12.4 Å². The summed E-state index contributed by atoms with van der Waals surface area (Å²) in [5, 5.41) is 5.78. The van der Waals surface area contributed by atoms with Crippen molar-refractivity contribution < 1.29 is 17.9 Å². The van der Waals surface area contributed by atoms with Crippen LogP contribution in [0.1, 0.15) is 11.1 Å². The van der Waals surface area contributed by atoms with Crippen LogP contribution in [0.3, 0.4) is 0 Å². The van der Waals surface area contributed by atoms with Crippen molar-refractivity contribution in [2.24, 2.45) is 0 Å². The summed E-state index contributed by atoms with van der Waals surface area (Å²) in [5.41, 5.74) is 2.91. The highest BCUT2D eigenvalue weighted by molar-refractivity contribution is 7.89. The summed E-state index contributed by atoms with van der Waals surface area (Å²) in [6.45, 7) is 2.20. The molecule has 0 aliphatic rings. The van der Waals surface area contributed by atoms with E-state index < -0.39 is 10.0 Å². The summed E-state index contributed by atoms with van der Waals surface area (Å²) in [6, 6.07) is 22.0. The van der Waals surface area contributed by atoms with Gasteiger partial charge in [-0.15, -0.1) is 0 Å². The Labute approximate surface area is 189 Å². The largest absolute Gasteiger partial charge is 0.489 e. The van der Waals surface area contributed by atoms with Crippen molar-refractivity contribution in [1.29, 1.82) is 0 Å². The van der Waals surface area contributed by atoms with Crippen LogP contribution in [0.4, 0.5) is 11.4 Å². The van der Waals surface area contributed by atoms with Crippen LogP contribution in [-0.4, -0.2) is 39.3 Å². The third-order valence-electron chi connectivity index (χ3n) is 4.79. The Balaban J connectivity index is 1.54. The highest BCUT2D eigenvalue weighted by Crippen LogP contribution is 2.22. The number of benzene rings is 3. The number of ether oxygens (including phenoxy) is 1. The molecule has 1 amide bonds. The van der Waals surface area contributed by atoms with Crippen molar-refractivity contribution in [1.82, 2.24) is 4.31 Å². The number of sulfonamides is 1. The van der Waals surface area contributed by atoms with E-state index in [0.717, 1.165) is 5.56 Å². The van der Waals surface area contributed by atoms with Gasteiger partial charge in [-0.1, -0.05) is 36.4 Å². The van der Waals surface area contributed by atoms with E-state index in [-0.39, 0.29) is 17.3 Å². The summed E-state index contributed by atoms with van der Waals surface area (Å²) in [7, 11) is -0.590. The second-order valence-corrected chi connectivity index (χ2v) is 9.59. The lowest BCUT2D eigenvalue weighted by Gasteiger charge is -2.15. The van der Waals surface area contributed by atoms with Crippen LogP contribution in [0, 0.1) is 6.92 Å². The van der Waals surface area contributed by atoms with Crippen molar-refractivity contribution in [3.05, 3.63) is 83.9 Å². The van der Waals surface area contributed by atoms with Crippen LogP contribution in [0.15, 0.2) is 77.7 Å². The van der Waals surface area contributed by atoms with Gasteiger partial charge in [0.15, 0.2) is 0 Å². The van der Waals surface area contributed by atoms with Gasteiger partial charge >= 0.3 is 0 Å². The summed E-state index contributed by atoms with van der Waals surface area (Å²) >= 11 is 0. The number of nitrogens with one attached hydrogen (secondary N) is 2. The van der Waals surface area contributed by atoms with Crippen LogP contribution in [0.25, 0.3) is 0 Å². The molecule has 2 N–H and O–H groups in total. The molecule has 0 aromatic heterocycles. The first-order chi connectivity index (χ1) is 15.3. The summed E-state index contributed by atoms with van der Waals surface area (Å²) in [5.74, 6) is 0.458. The lowest BCUT2D eigenvalue weighted by atomic mass is 10.2. The molecule has 0 heterocycles. The van der Waals surface area contributed by atoms with E-state index in [1.165, 1.54) is 24.5 Å². The second kappa shape index (κ2) is 10.3. The highest BCUT2D eigenvalue weighted by Gasteiger charge is 2.20. The van der Waals surface area contributed by atoms with Gasteiger partial charge in [-0.2, -0.15) is 0 Å². The first-order valence-corrected chi connectivity index (χ1v) is 11.5. The quantitative estimate of drug-likeness (QED) is 0.514. The van der Waals surface area contributed by atoms with Gasteiger partial charge in [-0.25, -0.2) is 12.7 Å². The first-order valence-electron chi connectivity index (χ1n) is 10.1. The lowest BCUT2D eigenvalue weighted by Crippen LogP contribution is -2.24. The van der Waals surface area contributed by atoms with Gasteiger partial charge in [0.25, 0.3) is 0 Å². The van der Waals surface area contributed by atoms with Crippen LogP contribution in [0.2, 0.25) is 0 Å². The fraction of sp³-hybridized carbons (Fsp3) is 0.208. The number of nitrogens with zero attached hydrogens (tertiary/aromatic N) is 1. The Morgan fingerprint density at radius 3 is 2.25 bits per heavy atom. The van der Waals surface area contributed by atoms with E-state index in [4.69, 9.17) is 4.74 Å². The van der Waals surface area contributed by atoms with Crippen molar-refractivity contribution in [2.75, 3.05) is 31.3 Å². The number of rotatable bonds is 9. The van der Waals surface area contributed by atoms with Crippen molar-refractivity contribution in [2.45, 2.75) is 18.4 Å². The molecule has 0 unspecified atom stereocenters. The maximum absolute atomic E-state index is 12.4. The van der Waals surface area contributed by atoms with Gasteiger partial charge in [0, 0.05) is 25.5 Å². The van der Waals surface area contributed by atoms with Crippen LogP contribution in [0.5, 0.6) is 5.75 Å². The van der Waals surface area contributed by atoms with Crippen molar-refractivity contribution in [3.63, 3.8) is 0 Å². The van der Waals surface area contributed by atoms with Crippen LogP contribution >= 0.6 is 0 Å². The average Bonchev–Trinajstić information content (AvgIpc) is 2.78. The number of aryl methyl sites for hydroxylation is 1. The van der Waals surface area contributed by atoms with E-state index in [2.05, 4.69) is 10.6 Å². The third-order valence-corrected chi connectivity index (χ3v) is 6.74. The maximum Gasteiger partial charge on any atom is 0.243 e. The van der Waals surface area contributed by atoms with Gasteiger partial charge in [0.2, 0.25) is 15.9 Å². The molecule has 32 heavy (non-hydrogen) atoms. The molecule has 0 atom stereocenters. The molecule has 7 nitrogen and oxygen atoms in total. The number of anilines is 2.